The predicted molar refractivity (Wildman–Crippen MR) is 70.6 cm³/mol. The SMILES string of the molecule is Cc1nc(NC(=O)CC(N)C2CC2)ccc1Br. The van der Waals surface area contributed by atoms with Crippen LogP contribution in [0.4, 0.5) is 5.82 Å². The van der Waals surface area contributed by atoms with Crippen molar-refractivity contribution in [2.24, 2.45) is 11.7 Å². The van der Waals surface area contributed by atoms with Gasteiger partial charge in [-0.1, -0.05) is 0 Å². The van der Waals surface area contributed by atoms with Gasteiger partial charge in [-0.2, -0.15) is 0 Å². The van der Waals surface area contributed by atoms with Crippen molar-refractivity contribution < 1.29 is 4.79 Å². The molecule has 1 saturated carbocycles. The maximum atomic E-state index is 11.7. The van der Waals surface area contributed by atoms with Gasteiger partial charge in [0.25, 0.3) is 0 Å². The molecule has 1 aliphatic rings. The Bertz CT molecular complexity index is 432. The lowest BCUT2D eigenvalue weighted by molar-refractivity contribution is -0.116. The van der Waals surface area contributed by atoms with E-state index in [1.807, 2.05) is 13.0 Å². The van der Waals surface area contributed by atoms with Gasteiger partial charge < -0.3 is 11.1 Å². The van der Waals surface area contributed by atoms with Gasteiger partial charge in [-0.15, -0.1) is 0 Å². The monoisotopic (exact) mass is 297 g/mol. The zero-order valence-electron chi connectivity index (χ0n) is 9.74. The number of rotatable bonds is 4. The highest BCUT2D eigenvalue weighted by Crippen LogP contribution is 2.32. The van der Waals surface area contributed by atoms with E-state index in [0.29, 0.717) is 18.2 Å². The fraction of sp³-hybridized carbons (Fsp3) is 0.500. The van der Waals surface area contributed by atoms with Crippen LogP contribution in [0.25, 0.3) is 0 Å². The number of hydrogen-bond donors (Lipinski definition) is 2. The van der Waals surface area contributed by atoms with E-state index in [2.05, 4.69) is 26.2 Å². The molecule has 17 heavy (non-hydrogen) atoms. The number of nitrogens with zero attached hydrogens (tertiary/aromatic N) is 1. The fourth-order valence-electron chi connectivity index (χ4n) is 1.71. The van der Waals surface area contributed by atoms with Crippen molar-refractivity contribution in [1.82, 2.24) is 4.98 Å². The van der Waals surface area contributed by atoms with E-state index in [-0.39, 0.29) is 11.9 Å². The smallest absolute Gasteiger partial charge is 0.227 e. The summed E-state index contributed by atoms with van der Waals surface area (Å²) >= 11 is 3.37. The Morgan fingerprint density at radius 1 is 1.65 bits per heavy atom. The van der Waals surface area contributed by atoms with E-state index >= 15 is 0 Å². The number of nitrogens with two attached hydrogens (primary N) is 1. The number of carbonyl (C=O) groups excluding carboxylic acids is 1. The van der Waals surface area contributed by atoms with Crippen LogP contribution in [0.5, 0.6) is 0 Å². The van der Waals surface area contributed by atoms with E-state index in [9.17, 15) is 4.79 Å². The molecule has 4 nitrogen and oxygen atoms in total. The van der Waals surface area contributed by atoms with Gasteiger partial charge in [0.05, 0.1) is 5.69 Å². The molecular formula is C12H16BrN3O. The normalized spacial score (nSPS) is 16.6. The molecule has 0 bridgehead atoms. The zero-order valence-corrected chi connectivity index (χ0v) is 11.3. The van der Waals surface area contributed by atoms with Crippen molar-refractivity contribution in [1.29, 1.82) is 0 Å². The van der Waals surface area contributed by atoms with Crippen LogP contribution < -0.4 is 11.1 Å². The van der Waals surface area contributed by atoms with Gasteiger partial charge in [0.15, 0.2) is 0 Å². The van der Waals surface area contributed by atoms with Crippen molar-refractivity contribution in [3.8, 4) is 0 Å². The third-order valence-electron chi connectivity index (χ3n) is 2.94. The summed E-state index contributed by atoms with van der Waals surface area (Å²) in [5.41, 5.74) is 6.75. The van der Waals surface area contributed by atoms with Gasteiger partial charge in [-0.25, -0.2) is 4.98 Å². The molecule has 5 heteroatoms. The number of nitrogens with one attached hydrogen (secondary N) is 1. The van der Waals surface area contributed by atoms with E-state index in [1.54, 1.807) is 6.07 Å². The first-order chi connectivity index (χ1) is 8.06. The van der Waals surface area contributed by atoms with E-state index in [1.165, 1.54) is 0 Å². The van der Waals surface area contributed by atoms with E-state index in [0.717, 1.165) is 23.0 Å². The van der Waals surface area contributed by atoms with E-state index < -0.39 is 0 Å². The van der Waals surface area contributed by atoms with Crippen LogP contribution in [0.3, 0.4) is 0 Å². The van der Waals surface area contributed by atoms with Crippen LogP contribution in [0.2, 0.25) is 0 Å². The lowest BCUT2D eigenvalue weighted by Crippen LogP contribution is -2.29. The van der Waals surface area contributed by atoms with Gasteiger partial charge in [0.2, 0.25) is 5.91 Å². The number of aromatic nitrogens is 1. The average Bonchev–Trinajstić information content (AvgIpc) is 3.06. The topological polar surface area (TPSA) is 68.0 Å². The van der Waals surface area contributed by atoms with Crippen LogP contribution in [0.1, 0.15) is 25.0 Å². The van der Waals surface area contributed by atoms with E-state index in [4.69, 9.17) is 5.73 Å². The summed E-state index contributed by atoms with van der Waals surface area (Å²) in [7, 11) is 0. The Balaban J connectivity index is 1.90. The predicted octanol–water partition coefficient (Wildman–Crippen LogP) is 2.22. The van der Waals surface area contributed by atoms with Crippen molar-refractivity contribution in [3.63, 3.8) is 0 Å². The minimum absolute atomic E-state index is 0.00783. The highest BCUT2D eigenvalue weighted by Gasteiger charge is 2.29. The number of carbonyl (C=O) groups is 1. The second-order valence-electron chi connectivity index (χ2n) is 4.52. The zero-order chi connectivity index (χ0) is 12.4. The third kappa shape index (κ3) is 3.51. The summed E-state index contributed by atoms with van der Waals surface area (Å²) in [4.78, 5) is 16.0. The Kier molecular flexibility index (Phi) is 3.79. The number of hydrogen-bond acceptors (Lipinski definition) is 3. The van der Waals surface area contributed by atoms with Gasteiger partial charge >= 0.3 is 0 Å². The standard InChI is InChI=1S/C12H16BrN3O/c1-7-9(13)4-5-11(15-7)16-12(17)6-10(14)8-2-3-8/h4-5,8,10H,2-3,6,14H2,1H3,(H,15,16,17). The molecule has 0 aliphatic heterocycles. The Morgan fingerprint density at radius 3 is 2.94 bits per heavy atom. The van der Waals surface area contributed by atoms with Gasteiger partial charge in [-0.3, -0.25) is 4.79 Å². The molecule has 2 rings (SSSR count). The highest BCUT2D eigenvalue weighted by atomic mass is 79.9. The number of amides is 1. The van der Waals surface area contributed by atoms with Crippen LogP contribution in [0.15, 0.2) is 16.6 Å². The lowest BCUT2D eigenvalue weighted by Gasteiger charge is -2.10. The average molecular weight is 298 g/mol. The summed E-state index contributed by atoms with van der Waals surface area (Å²) in [6.07, 6.45) is 2.69. The molecule has 0 radical (unpaired) electrons. The Hall–Kier alpha value is -0.940. The molecule has 0 saturated heterocycles. The number of anilines is 1. The molecule has 92 valence electrons. The van der Waals surface area contributed by atoms with Gasteiger partial charge in [0, 0.05) is 16.9 Å². The summed E-state index contributed by atoms with van der Waals surface area (Å²) in [6, 6.07) is 3.64. The molecule has 1 unspecified atom stereocenters. The first kappa shape index (κ1) is 12.5. The maximum Gasteiger partial charge on any atom is 0.227 e. The molecule has 3 N–H and O–H groups in total. The van der Waals surface area contributed by atoms with Crippen molar-refractivity contribution in [2.75, 3.05) is 5.32 Å². The molecule has 1 atom stereocenters. The molecule has 1 amide bonds. The molecule has 1 heterocycles. The quantitative estimate of drug-likeness (QED) is 0.895. The third-order valence-corrected chi connectivity index (χ3v) is 3.78. The fourth-order valence-corrected chi connectivity index (χ4v) is 1.93. The number of pyridine rings is 1. The van der Waals surface area contributed by atoms with Crippen molar-refractivity contribution in [3.05, 3.63) is 22.3 Å². The maximum absolute atomic E-state index is 11.7. The molecular weight excluding hydrogens is 282 g/mol. The summed E-state index contributed by atoms with van der Waals surface area (Å²) < 4.78 is 0.935. The highest BCUT2D eigenvalue weighted by molar-refractivity contribution is 9.10. The molecule has 1 aliphatic carbocycles. The lowest BCUT2D eigenvalue weighted by atomic mass is 10.1. The second kappa shape index (κ2) is 5.14. The van der Waals surface area contributed by atoms with Crippen LogP contribution in [-0.2, 0) is 4.79 Å². The molecule has 1 aromatic heterocycles. The minimum atomic E-state index is -0.0568. The van der Waals surface area contributed by atoms with Crippen molar-refractivity contribution >= 4 is 27.7 Å². The van der Waals surface area contributed by atoms with Gasteiger partial charge in [-0.05, 0) is 53.7 Å². The van der Waals surface area contributed by atoms with Crippen LogP contribution in [-0.4, -0.2) is 16.9 Å². The van der Waals surface area contributed by atoms with Crippen molar-refractivity contribution in [2.45, 2.75) is 32.2 Å². The summed E-state index contributed by atoms with van der Waals surface area (Å²) in [6.45, 7) is 1.88. The summed E-state index contributed by atoms with van der Waals surface area (Å²) in [5.74, 6) is 1.07. The molecule has 0 spiro atoms. The first-order valence-corrected chi connectivity index (χ1v) is 6.54. The number of aryl methyl sites for hydroxylation is 1. The second-order valence-corrected chi connectivity index (χ2v) is 5.37. The van der Waals surface area contributed by atoms with Gasteiger partial charge in [0.1, 0.15) is 5.82 Å². The summed E-state index contributed by atoms with van der Waals surface area (Å²) in [5, 5.41) is 2.77. The number of halogens is 1. The first-order valence-electron chi connectivity index (χ1n) is 5.75. The Labute approximate surface area is 109 Å². The van der Waals surface area contributed by atoms with Crippen LogP contribution >= 0.6 is 15.9 Å². The molecule has 0 aromatic carbocycles. The molecule has 1 aromatic rings. The largest absolute Gasteiger partial charge is 0.327 e. The Morgan fingerprint density at radius 2 is 2.35 bits per heavy atom. The minimum Gasteiger partial charge on any atom is -0.327 e. The van der Waals surface area contributed by atoms with Crippen LogP contribution in [0, 0.1) is 12.8 Å². The molecule has 1 fully saturated rings.